The summed E-state index contributed by atoms with van der Waals surface area (Å²) in [5.74, 6) is -1.67. The number of nitrogens with one attached hydrogen (secondary N) is 1. The van der Waals surface area contributed by atoms with Crippen LogP contribution in [0.3, 0.4) is 0 Å². The summed E-state index contributed by atoms with van der Waals surface area (Å²) in [4.78, 5) is 25.3. The van der Waals surface area contributed by atoms with Crippen LogP contribution in [-0.2, 0) is 15.3 Å². The van der Waals surface area contributed by atoms with E-state index >= 15 is 4.39 Å². The standard InChI is InChI=1S/C21H24F2N6O2S/c1-11-9-12(22)10-25-16(11)18(30)28-15-6-5-13(23)17(27-15)21(4)14-7-8-26-32(14,31)20(2,3)19(24)29-21/h5-6,9-10,14H,7-8H2,1-4H3,(H2,24,29)(H,27,28,30)/t14-,21-,32?/m0/s1. The van der Waals surface area contributed by atoms with Gasteiger partial charge in [-0.25, -0.2) is 27.3 Å². The third kappa shape index (κ3) is 3.17. The molecular formula is C21H24F2N6O2S. The number of amidine groups is 1. The van der Waals surface area contributed by atoms with E-state index in [-0.39, 0.29) is 23.0 Å². The van der Waals surface area contributed by atoms with Gasteiger partial charge in [-0.1, -0.05) is 0 Å². The molecule has 2 aromatic rings. The van der Waals surface area contributed by atoms with Gasteiger partial charge in [0, 0.05) is 6.54 Å². The van der Waals surface area contributed by atoms with E-state index in [2.05, 4.69) is 24.6 Å². The van der Waals surface area contributed by atoms with E-state index < -0.39 is 42.8 Å². The highest BCUT2D eigenvalue weighted by Crippen LogP contribution is 2.47. The molecule has 4 rings (SSSR count). The number of pyridine rings is 2. The molecule has 11 heteroatoms. The summed E-state index contributed by atoms with van der Waals surface area (Å²) in [5, 5.41) is 1.97. The molecule has 0 saturated carbocycles. The van der Waals surface area contributed by atoms with E-state index in [1.54, 1.807) is 27.7 Å². The minimum atomic E-state index is -2.85. The van der Waals surface area contributed by atoms with Crippen LogP contribution in [0.4, 0.5) is 14.6 Å². The summed E-state index contributed by atoms with van der Waals surface area (Å²) in [7, 11) is -2.85. The smallest absolute Gasteiger partial charge is 0.275 e. The number of carbonyl (C=O) groups is 1. The van der Waals surface area contributed by atoms with Crippen molar-refractivity contribution in [3.05, 3.63) is 53.0 Å². The minimum Gasteiger partial charge on any atom is -0.386 e. The minimum absolute atomic E-state index is 0.0181. The molecule has 0 fully saturated rings. The topological polar surface area (TPSA) is 123 Å². The fraction of sp³-hybridized carbons (Fsp3) is 0.429. The number of halogens is 2. The van der Waals surface area contributed by atoms with Crippen LogP contribution in [0.1, 0.15) is 48.9 Å². The van der Waals surface area contributed by atoms with Crippen LogP contribution in [0, 0.1) is 18.6 Å². The monoisotopic (exact) mass is 462 g/mol. The Bertz CT molecular complexity index is 1290. The number of nitrogens with two attached hydrogens (primary N) is 1. The zero-order valence-electron chi connectivity index (χ0n) is 18.1. The van der Waals surface area contributed by atoms with Crippen LogP contribution >= 0.6 is 0 Å². The summed E-state index contributed by atoms with van der Waals surface area (Å²) < 4.78 is 45.6. The van der Waals surface area contributed by atoms with E-state index in [1.807, 2.05) is 0 Å². The Labute approximate surface area is 184 Å². The number of amides is 1. The maximum atomic E-state index is 15.0. The lowest BCUT2D eigenvalue weighted by atomic mass is 9.89. The molecule has 4 heterocycles. The van der Waals surface area contributed by atoms with Crippen molar-refractivity contribution in [1.29, 1.82) is 0 Å². The summed E-state index contributed by atoms with van der Waals surface area (Å²) in [6, 6.07) is 3.65. The van der Waals surface area contributed by atoms with Crippen molar-refractivity contribution in [1.82, 2.24) is 9.97 Å². The zero-order chi connectivity index (χ0) is 23.5. The molecule has 0 aliphatic carbocycles. The van der Waals surface area contributed by atoms with Crippen molar-refractivity contribution in [3.63, 3.8) is 0 Å². The predicted octanol–water partition coefficient (Wildman–Crippen LogP) is 2.92. The average Bonchev–Trinajstić information content (AvgIpc) is 3.13. The Hall–Kier alpha value is -2.95. The Morgan fingerprint density at radius 1 is 1.28 bits per heavy atom. The van der Waals surface area contributed by atoms with Gasteiger partial charge in [-0.05, 0) is 57.9 Å². The van der Waals surface area contributed by atoms with E-state index in [0.29, 0.717) is 18.5 Å². The normalized spacial score (nSPS) is 28.4. The van der Waals surface area contributed by atoms with E-state index in [4.69, 9.17) is 5.73 Å². The Balaban J connectivity index is 1.76. The van der Waals surface area contributed by atoms with Crippen molar-refractivity contribution < 1.29 is 17.8 Å². The number of aromatic nitrogens is 2. The van der Waals surface area contributed by atoms with Gasteiger partial charge in [-0.2, -0.15) is 0 Å². The molecule has 1 amide bonds. The van der Waals surface area contributed by atoms with Crippen LogP contribution in [0.2, 0.25) is 0 Å². The number of fused-ring (bicyclic) bond motifs is 1. The van der Waals surface area contributed by atoms with Gasteiger partial charge in [-0.3, -0.25) is 9.79 Å². The summed E-state index contributed by atoms with van der Waals surface area (Å²) in [6.45, 7) is 7.01. The van der Waals surface area contributed by atoms with E-state index in [1.165, 1.54) is 12.1 Å². The van der Waals surface area contributed by atoms with Crippen molar-refractivity contribution in [3.8, 4) is 0 Å². The molecule has 0 radical (unpaired) electrons. The highest BCUT2D eigenvalue weighted by Gasteiger charge is 2.57. The second-order valence-corrected chi connectivity index (χ2v) is 11.6. The van der Waals surface area contributed by atoms with Gasteiger partial charge < -0.3 is 11.1 Å². The molecule has 2 aromatic heterocycles. The molecule has 2 aliphatic heterocycles. The lowest BCUT2D eigenvalue weighted by Gasteiger charge is -2.44. The third-order valence-electron chi connectivity index (χ3n) is 6.21. The molecule has 0 aromatic carbocycles. The van der Waals surface area contributed by atoms with Gasteiger partial charge in [0.05, 0.1) is 21.2 Å². The van der Waals surface area contributed by atoms with Crippen molar-refractivity contribution >= 4 is 27.3 Å². The van der Waals surface area contributed by atoms with Gasteiger partial charge in [0.1, 0.15) is 45.0 Å². The number of nitrogens with zero attached hydrogens (tertiary/aromatic N) is 4. The number of hydrogen-bond donors (Lipinski definition) is 2. The zero-order valence-corrected chi connectivity index (χ0v) is 19.0. The fourth-order valence-corrected chi connectivity index (χ4v) is 7.44. The first-order valence-electron chi connectivity index (χ1n) is 10.1. The largest absolute Gasteiger partial charge is 0.386 e. The molecule has 0 bridgehead atoms. The van der Waals surface area contributed by atoms with Gasteiger partial charge in [0.2, 0.25) is 0 Å². The third-order valence-corrected chi connectivity index (χ3v) is 9.92. The lowest BCUT2D eigenvalue weighted by Crippen LogP contribution is -2.58. The molecule has 170 valence electrons. The molecule has 1 unspecified atom stereocenters. The first-order valence-corrected chi connectivity index (χ1v) is 11.7. The number of carbonyl (C=O) groups excluding carboxylic acids is 1. The van der Waals surface area contributed by atoms with E-state index in [9.17, 15) is 13.4 Å². The Kier molecular flexibility index (Phi) is 5.07. The van der Waals surface area contributed by atoms with Crippen LogP contribution in [0.15, 0.2) is 33.8 Å². The Morgan fingerprint density at radius 2 is 2.00 bits per heavy atom. The van der Waals surface area contributed by atoms with Crippen LogP contribution in [0.25, 0.3) is 0 Å². The predicted molar refractivity (Wildman–Crippen MR) is 118 cm³/mol. The molecule has 3 atom stereocenters. The first-order chi connectivity index (χ1) is 14.9. The van der Waals surface area contributed by atoms with Crippen molar-refractivity contribution in [2.75, 3.05) is 11.9 Å². The van der Waals surface area contributed by atoms with Gasteiger partial charge in [0.25, 0.3) is 5.91 Å². The number of aliphatic imine (C=N–C) groups is 1. The van der Waals surface area contributed by atoms with Crippen LogP contribution in [0.5, 0.6) is 0 Å². The highest BCUT2D eigenvalue weighted by atomic mass is 32.2. The molecule has 8 nitrogen and oxygen atoms in total. The number of hydrogen-bond acceptors (Lipinski definition) is 7. The molecule has 2 aliphatic rings. The molecule has 3 N–H and O–H groups in total. The number of aryl methyl sites for hydroxylation is 1. The number of anilines is 1. The van der Waals surface area contributed by atoms with Gasteiger partial charge in [-0.15, -0.1) is 0 Å². The van der Waals surface area contributed by atoms with Crippen molar-refractivity contribution in [2.24, 2.45) is 15.1 Å². The molecule has 0 spiro atoms. The maximum Gasteiger partial charge on any atom is 0.275 e. The van der Waals surface area contributed by atoms with E-state index in [0.717, 1.165) is 12.3 Å². The van der Waals surface area contributed by atoms with Crippen LogP contribution < -0.4 is 11.1 Å². The van der Waals surface area contributed by atoms with Crippen molar-refractivity contribution in [2.45, 2.75) is 49.7 Å². The number of rotatable bonds is 3. The Morgan fingerprint density at radius 3 is 2.69 bits per heavy atom. The first kappa shape index (κ1) is 22.3. The lowest BCUT2D eigenvalue weighted by molar-refractivity contribution is 0.102. The van der Waals surface area contributed by atoms with Gasteiger partial charge in [0.15, 0.2) is 0 Å². The highest BCUT2D eigenvalue weighted by molar-refractivity contribution is 7.96. The SMILES string of the molecule is Cc1cc(F)cnc1C(=O)Nc1ccc(F)c([C@@]2(C)N=C(N)C(C)(C)S3(=O)=NCC[C@@H]23)n1. The maximum absolute atomic E-state index is 15.0. The fourth-order valence-electron chi connectivity index (χ4n) is 4.30. The molecule has 0 saturated heterocycles. The molecular weight excluding hydrogens is 438 g/mol. The quantitative estimate of drug-likeness (QED) is 0.726. The average molecular weight is 463 g/mol. The summed E-state index contributed by atoms with van der Waals surface area (Å²) in [5.41, 5.74) is 5.15. The summed E-state index contributed by atoms with van der Waals surface area (Å²) >= 11 is 0. The van der Waals surface area contributed by atoms with Crippen LogP contribution in [-0.4, -0.2) is 42.5 Å². The second-order valence-electron chi connectivity index (χ2n) is 8.65. The molecule has 32 heavy (non-hydrogen) atoms. The second kappa shape index (κ2) is 7.29. The van der Waals surface area contributed by atoms with Gasteiger partial charge >= 0.3 is 0 Å². The summed E-state index contributed by atoms with van der Waals surface area (Å²) in [6.07, 6.45) is 1.39.